The van der Waals surface area contributed by atoms with E-state index in [1.807, 2.05) is 0 Å². The van der Waals surface area contributed by atoms with E-state index in [0.29, 0.717) is 37.9 Å². The molecule has 0 radical (unpaired) electrons. The second-order valence-corrected chi connectivity index (χ2v) is 17.5. The Kier molecular flexibility index (Phi) is 41.7. The molecule has 0 spiro atoms. The third kappa shape index (κ3) is 39.2. The van der Waals surface area contributed by atoms with Gasteiger partial charge in [0.2, 0.25) is 0 Å². The van der Waals surface area contributed by atoms with Crippen molar-refractivity contribution in [2.45, 2.75) is 240 Å². The van der Waals surface area contributed by atoms with Crippen molar-refractivity contribution in [3.63, 3.8) is 0 Å². The van der Waals surface area contributed by atoms with Crippen molar-refractivity contribution in [2.75, 3.05) is 33.9 Å². The fourth-order valence-corrected chi connectivity index (χ4v) is 7.98. The average molecular weight is 788 g/mol. The number of ether oxygens (including phenoxy) is 2. The van der Waals surface area contributed by atoms with E-state index in [1.54, 1.807) is 0 Å². The van der Waals surface area contributed by atoms with Crippen LogP contribution in [-0.4, -0.2) is 50.7 Å². The van der Waals surface area contributed by atoms with Crippen molar-refractivity contribution in [2.24, 2.45) is 17.8 Å². The Hall–Kier alpha value is -1.62. The molecule has 0 atom stereocenters. The molecule has 0 rings (SSSR count). The lowest BCUT2D eigenvalue weighted by Crippen LogP contribution is -2.13. The van der Waals surface area contributed by atoms with Gasteiger partial charge in [-0.05, 0) is 83.3 Å². The van der Waals surface area contributed by atoms with E-state index >= 15 is 0 Å². The first-order chi connectivity index (χ1) is 27.4. The van der Waals surface area contributed by atoms with Crippen LogP contribution in [-0.2, 0) is 19.1 Å². The van der Waals surface area contributed by atoms with E-state index in [4.69, 9.17) is 9.47 Å². The summed E-state index contributed by atoms with van der Waals surface area (Å²) in [6, 6.07) is 0. The molecule has 0 aliphatic rings. The molecule has 0 unspecified atom stereocenters. The third-order valence-electron chi connectivity index (χ3n) is 11.7. The van der Waals surface area contributed by atoms with Crippen molar-refractivity contribution >= 4 is 11.9 Å². The zero-order valence-corrected chi connectivity index (χ0v) is 38.6. The molecule has 0 bridgehead atoms. The number of rotatable bonds is 43. The minimum absolute atomic E-state index is 0.0387. The summed E-state index contributed by atoms with van der Waals surface area (Å²) in [7, 11) is 4.35. The van der Waals surface area contributed by atoms with Crippen molar-refractivity contribution in [1.29, 1.82) is 0 Å². The van der Waals surface area contributed by atoms with Crippen LogP contribution in [0.15, 0.2) is 24.3 Å². The lowest BCUT2D eigenvalue weighted by molar-refractivity contribution is -0.143. The van der Waals surface area contributed by atoms with Gasteiger partial charge in [0.1, 0.15) is 13.2 Å². The lowest BCUT2D eigenvalue weighted by Gasteiger charge is -2.18. The second kappa shape index (κ2) is 43.0. The van der Waals surface area contributed by atoms with Crippen LogP contribution in [0.25, 0.3) is 0 Å². The summed E-state index contributed by atoms with van der Waals surface area (Å²) >= 11 is 0. The fraction of sp³-hybridized carbons (Fsp3) is 0.882. The van der Waals surface area contributed by atoms with Gasteiger partial charge in [0, 0.05) is 12.8 Å². The normalized spacial score (nSPS) is 12.1. The number of esters is 2. The molecule has 56 heavy (non-hydrogen) atoms. The summed E-state index contributed by atoms with van der Waals surface area (Å²) in [5.41, 5.74) is 0. The number of carbonyl (C=O) groups excluding carboxylic acids is 2. The first-order valence-electron chi connectivity index (χ1n) is 24.6. The maximum atomic E-state index is 12.3. The molecule has 0 aliphatic carbocycles. The Morgan fingerprint density at radius 2 is 0.750 bits per heavy atom. The largest absolute Gasteiger partial charge is 0.461 e. The average Bonchev–Trinajstić information content (AvgIpc) is 3.18. The smallest absolute Gasteiger partial charge is 0.306 e. The van der Waals surface area contributed by atoms with Gasteiger partial charge in [-0.15, -0.1) is 0 Å². The monoisotopic (exact) mass is 788 g/mol. The van der Waals surface area contributed by atoms with Gasteiger partial charge in [-0.2, -0.15) is 0 Å². The molecule has 330 valence electrons. The molecular formula is C51H97NO4. The van der Waals surface area contributed by atoms with Gasteiger partial charge in [0.25, 0.3) is 0 Å². The topological polar surface area (TPSA) is 55.8 Å². The van der Waals surface area contributed by atoms with E-state index in [9.17, 15) is 9.59 Å². The lowest BCUT2D eigenvalue weighted by atomic mass is 9.90. The highest BCUT2D eigenvalue weighted by Gasteiger charge is 2.11. The van der Waals surface area contributed by atoms with Gasteiger partial charge in [-0.3, -0.25) is 9.59 Å². The molecule has 0 N–H and O–H groups in total. The molecule has 0 heterocycles. The summed E-state index contributed by atoms with van der Waals surface area (Å²) in [4.78, 5) is 26.9. The van der Waals surface area contributed by atoms with Gasteiger partial charge in [0.15, 0.2) is 0 Å². The second-order valence-electron chi connectivity index (χ2n) is 17.5. The van der Waals surface area contributed by atoms with E-state index in [2.05, 4.69) is 71.0 Å². The molecule has 0 amide bonds. The molecule has 5 nitrogen and oxygen atoms in total. The fourth-order valence-electron chi connectivity index (χ4n) is 7.98. The Labute approximate surface area is 350 Å². The zero-order valence-electron chi connectivity index (χ0n) is 38.6. The number of nitrogens with zero attached hydrogens (tertiary/aromatic N) is 1. The number of hydrogen-bond donors (Lipinski definition) is 0. The Morgan fingerprint density at radius 1 is 0.429 bits per heavy atom. The zero-order chi connectivity index (χ0) is 41.2. The first-order valence-corrected chi connectivity index (χ1v) is 24.6. The molecule has 0 aromatic carbocycles. The van der Waals surface area contributed by atoms with Crippen molar-refractivity contribution < 1.29 is 19.1 Å². The SMILES string of the molecule is CCCCCC(/C=C\COC(=O)CCCCCCCC(CCCCCCCC(=O)OC/C=C\C(CCCCC)CCCCC)CCCCN(C)C)CCCCC. The minimum Gasteiger partial charge on any atom is -0.461 e. The van der Waals surface area contributed by atoms with Gasteiger partial charge >= 0.3 is 11.9 Å². The van der Waals surface area contributed by atoms with Gasteiger partial charge in [-0.25, -0.2) is 0 Å². The highest BCUT2D eigenvalue weighted by molar-refractivity contribution is 5.69. The summed E-state index contributed by atoms with van der Waals surface area (Å²) in [5, 5.41) is 0. The van der Waals surface area contributed by atoms with Crippen LogP contribution >= 0.6 is 0 Å². The molecule has 0 aromatic heterocycles. The highest BCUT2D eigenvalue weighted by Crippen LogP contribution is 2.25. The van der Waals surface area contributed by atoms with E-state index in [0.717, 1.165) is 31.6 Å². The molecule has 0 aromatic rings. The summed E-state index contributed by atoms with van der Waals surface area (Å²) in [6.07, 6.45) is 48.9. The maximum absolute atomic E-state index is 12.3. The van der Waals surface area contributed by atoms with Gasteiger partial charge in [-0.1, -0.05) is 206 Å². The predicted octanol–water partition coefficient (Wildman–Crippen LogP) is 15.5. The number of unbranched alkanes of at least 4 members (excludes halogenated alkanes) is 17. The Bertz CT molecular complexity index is 814. The number of carbonyl (C=O) groups is 2. The predicted molar refractivity (Wildman–Crippen MR) is 244 cm³/mol. The summed E-state index contributed by atoms with van der Waals surface area (Å²) in [5.74, 6) is 2.02. The van der Waals surface area contributed by atoms with Crippen LogP contribution < -0.4 is 0 Å². The van der Waals surface area contributed by atoms with Crippen LogP contribution in [0.1, 0.15) is 240 Å². The first kappa shape index (κ1) is 54.4. The van der Waals surface area contributed by atoms with E-state index in [-0.39, 0.29) is 11.9 Å². The van der Waals surface area contributed by atoms with Crippen LogP contribution in [0.5, 0.6) is 0 Å². The summed E-state index contributed by atoms with van der Waals surface area (Å²) < 4.78 is 11.1. The molecule has 5 heteroatoms. The van der Waals surface area contributed by atoms with Crippen molar-refractivity contribution in [3.8, 4) is 0 Å². The van der Waals surface area contributed by atoms with E-state index < -0.39 is 0 Å². The minimum atomic E-state index is -0.0387. The van der Waals surface area contributed by atoms with Crippen LogP contribution in [0.2, 0.25) is 0 Å². The third-order valence-corrected chi connectivity index (χ3v) is 11.7. The Balaban J connectivity index is 4.23. The quantitative estimate of drug-likeness (QED) is 0.0350. The van der Waals surface area contributed by atoms with Gasteiger partial charge in [0.05, 0.1) is 0 Å². The van der Waals surface area contributed by atoms with Crippen molar-refractivity contribution in [3.05, 3.63) is 24.3 Å². The van der Waals surface area contributed by atoms with Crippen LogP contribution in [0, 0.1) is 17.8 Å². The van der Waals surface area contributed by atoms with Crippen molar-refractivity contribution in [1.82, 2.24) is 4.90 Å². The molecular weight excluding hydrogens is 691 g/mol. The number of hydrogen-bond acceptors (Lipinski definition) is 5. The highest BCUT2D eigenvalue weighted by atomic mass is 16.5. The van der Waals surface area contributed by atoms with Crippen LogP contribution in [0.3, 0.4) is 0 Å². The molecule has 0 fully saturated rings. The molecule has 0 aliphatic heterocycles. The standard InChI is InChI=1S/C51H97NO4/c1-7-11-21-33-48(34-22-12-8-2)40-31-45-55-50(53)42-27-19-15-17-25-37-47(39-29-30-44-52(5)6)38-26-18-16-20-28-43-51(54)56-46-32-41-49(35-23-13-9-3)36-24-14-10-4/h31-32,40-41,47-49H,7-30,33-39,42-46H2,1-6H3/b40-31-,41-32-. The Morgan fingerprint density at radius 3 is 1.11 bits per heavy atom. The van der Waals surface area contributed by atoms with Crippen LogP contribution in [0.4, 0.5) is 0 Å². The van der Waals surface area contributed by atoms with Gasteiger partial charge < -0.3 is 14.4 Å². The van der Waals surface area contributed by atoms with E-state index in [1.165, 1.54) is 180 Å². The maximum Gasteiger partial charge on any atom is 0.306 e. The molecule has 0 saturated carbocycles. The summed E-state index contributed by atoms with van der Waals surface area (Å²) in [6.45, 7) is 11.1. The molecule has 0 saturated heterocycles. The number of allylic oxidation sites excluding steroid dienone is 2.